The molecule has 0 aromatic carbocycles. The number of nitrogens with zero attached hydrogens (tertiary/aromatic N) is 2. The zero-order valence-electron chi connectivity index (χ0n) is 8.88. The highest BCUT2D eigenvalue weighted by atomic mass is 16.5. The van der Waals surface area contributed by atoms with Crippen LogP contribution in [0, 0.1) is 0 Å². The van der Waals surface area contributed by atoms with Crippen molar-refractivity contribution in [2.24, 2.45) is 0 Å². The van der Waals surface area contributed by atoms with Crippen LogP contribution in [0.2, 0.25) is 0 Å². The van der Waals surface area contributed by atoms with Gasteiger partial charge in [-0.25, -0.2) is 9.31 Å². The summed E-state index contributed by atoms with van der Waals surface area (Å²) in [6.07, 6.45) is 3.16. The Labute approximate surface area is 92.3 Å². The van der Waals surface area contributed by atoms with Gasteiger partial charge in [-0.2, -0.15) is 5.10 Å². The maximum absolute atomic E-state index is 11.6. The van der Waals surface area contributed by atoms with Crippen molar-refractivity contribution in [2.75, 3.05) is 6.61 Å². The van der Waals surface area contributed by atoms with Gasteiger partial charge in [0, 0.05) is 6.20 Å². The molecule has 0 unspecified atom stereocenters. The highest BCUT2D eigenvalue weighted by Crippen LogP contribution is 2.13. The number of rotatable bonds is 3. The van der Waals surface area contributed by atoms with Crippen molar-refractivity contribution in [3.63, 3.8) is 0 Å². The summed E-state index contributed by atoms with van der Waals surface area (Å²) < 4.78 is 6.49. The largest absolute Gasteiger partial charge is 0.462 e. The van der Waals surface area contributed by atoms with Gasteiger partial charge in [-0.3, -0.25) is 0 Å². The number of hydrogen-bond donors (Lipinski definition) is 1. The Morgan fingerprint density at radius 1 is 1.62 bits per heavy atom. The number of ether oxygens (including phenoxy) is 1. The fourth-order valence-corrected chi connectivity index (χ4v) is 1.49. The van der Waals surface area contributed by atoms with Crippen LogP contribution in [0.15, 0.2) is 24.5 Å². The summed E-state index contributed by atoms with van der Waals surface area (Å²) in [6, 6.07) is 3.47. The Morgan fingerprint density at radius 2 is 2.44 bits per heavy atom. The number of aliphatic hydroxyl groups excluding tert-OH is 1. The SMILES string of the molecule is CCOC(=O)c1cnn2ccc(CO)cc12. The summed E-state index contributed by atoms with van der Waals surface area (Å²) in [5, 5.41) is 13.1. The smallest absolute Gasteiger partial charge is 0.341 e. The van der Waals surface area contributed by atoms with Crippen molar-refractivity contribution >= 4 is 11.5 Å². The van der Waals surface area contributed by atoms with Gasteiger partial charge < -0.3 is 9.84 Å². The summed E-state index contributed by atoms with van der Waals surface area (Å²) in [7, 11) is 0. The number of fused-ring (bicyclic) bond motifs is 1. The molecular weight excluding hydrogens is 208 g/mol. The van der Waals surface area contributed by atoms with E-state index in [1.54, 1.807) is 29.8 Å². The van der Waals surface area contributed by atoms with Crippen LogP contribution in [0.1, 0.15) is 22.8 Å². The minimum atomic E-state index is -0.396. The van der Waals surface area contributed by atoms with Crippen LogP contribution in [0.5, 0.6) is 0 Å². The first-order chi connectivity index (χ1) is 7.76. The molecule has 16 heavy (non-hydrogen) atoms. The number of carbonyl (C=O) groups excluding carboxylic acids is 1. The van der Waals surface area contributed by atoms with Crippen molar-refractivity contribution in [3.05, 3.63) is 35.7 Å². The number of pyridine rings is 1. The van der Waals surface area contributed by atoms with Gasteiger partial charge in [-0.15, -0.1) is 0 Å². The summed E-state index contributed by atoms with van der Waals surface area (Å²) in [5.74, 6) is -0.396. The molecule has 0 fully saturated rings. The van der Waals surface area contributed by atoms with Crippen LogP contribution in [0.3, 0.4) is 0 Å². The van der Waals surface area contributed by atoms with E-state index in [9.17, 15) is 4.79 Å². The molecule has 0 aliphatic rings. The molecule has 5 heteroatoms. The van der Waals surface area contributed by atoms with E-state index < -0.39 is 5.97 Å². The Hall–Kier alpha value is -1.88. The third-order valence-electron chi connectivity index (χ3n) is 2.26. The second-order valence-corrected chi connectivity index (χ2v) is 3.30. The van der Waals surface area contributed by atoms with Crippen molar-refractivity contribution in [2.45, 2.75) is 13.5 Å². The summed E-state index contributed by atoms with van der Waals surface area (Å²) in [6.45, 7) is 2.02. The van der Waals surface area contributed by atoms with E-state index in [-0.39, 0.29) is 6.61 Å². The highest BCUT2D eigenvalue weighted by molar-refractivity contribution is 5.96. The molecule has 0 saturated heterocycles. The second kappa shape index (κ2) is 4.32. The lowest BCUT2D eigenvalue weighted by molar-refractivity contribution is 0.0528. The zero-order valence-corrected chi connectivity index (χ0v) is 8.88. The first-order valence-electron chi connectivity index (χ1n) is 5.00. The topological polar surface area (TPSA) is 63.8 Å². The van der Waals surface area contributed by atoms with Crippen molar-refractivity contribution in [1.29, 1.82) is 0 Å². The molecule has 2 rings (SSSR count). The second-order valence-electron chi connectivity index (χ2n) is 3.30. The minimum absolute atomic E-state index is 0.0655. The van der Waals surface area contributed by atoms with Crippen molar-refractivity contribution < 1.29 is 14.6 Å². The number of hydrogen-bond acceptors (Lipinski definition) is 4. The minimum Gasteiger partial charge on any atom is -0.462 e. The lowest BCUT2D eigenvalue weighted by Gasteiger charge is -2.01. The third kappa shape index (κ3) is 1.77. The molecule has 0 aliphatic heterocycles. The van der Waals surface area contributed by atoms with Crippen LogP contribution in [0.4, 0.5) is 0 Å². The van der Waals surface area contributed by atoms with E-state index in [1.165, 1.54) is 6.20 Å². The third-order valence-corrected chi connectivity index (χ3v) is 2.26. The van der Waals surface area contributed by atoms with Gasteiger partial charge in [0.1, 0.15) is 5.56 Å². The van der Waals surface area contributed by atoms with Gasteiger partial charge in [0.05, 0.1) is 24.9 Å². The Bertz CT molecular complexity index is 519. The normalized spacial score (nSPS) is 10.6. The Kier molecular flexibility index (Phi) is 2.87. The van der Waals surface area contributed by atoms with Gasteiger partial charge in [-0.05, 0) is 24.6 Å². The predicted octanol–water partition coefficient (Wildman–Crippen LogP) is 1.00. The van der Waals surface area contributed by atoms with Crippen molar-refractivity contribution in [1.82, 2.24) is 9.61 Å². The van der Waals surface area contributed by atoms with Gasteiger partial charge in [0.15, 0.2) is 0 Å². The molecular formula is C11H12N2O3. The summed E-state index contributed by atoms with van der Waals surface area (Å²) in [5.41, 5.74) is 1.79. The molecule has 0 bridgehead atoms. The number of aliphatic hydroxyl groups is 1. The summed E-state index contributed by atoms with van der Waals surface area (Å²) in [4.78, 5) is 11.6. The van der Waals surface area contributed by atoms with Gasteiger partial charge >= 0.3 is 5.97 Å². The number of carbonyl (C=O) groups is 1. The molecule has 2 aromatic rings. The summed E-state index contributed by atoms with van der Waals surface area (Å²) >= 11 is 0. The zero-order chi connectivity index (χ0) is 11.5. The van der Waals surface area contributed by atoms with Crippen LogP contribution in [0.25, 0.3) is 5.52 Å². The maximum atomic E-state index is 11.6. The molecule has 0 amide bonds. The molecule has 2 heterocycles. The average molecular weight is 220 g/mol. The van der Waals surface area contributed by atoms with Crippen LogP contribution < -0.4 is 0 Å². The lowest BCUT2D eigenvalue weighted by atomic mass is 10.2. The Morgan fingerprint density at radius 3 is 3.12 bits per heavy atom. The number of aromatic nitrogens is 2. The molecule has 0 atom stereocenters. The van der Waals surface area contributed by atoms with Gasteiger partial charge in [0.25, 0.3) is 0 Å². The van der Waals surface area contributed by atoms with Gasteiger partial charge in [0.2, 0.25) is 0 Å². The van der Waals surface area contributed by atoms with Crippen LogP contribution in [-0.2, 0) is 11.3 Å². The first kappa shape index (κ1) is 10.6. The molecule has 0 saturated carbocycles. The van der Waals surface area contributed by atoms with E-state index in [4.69, 9.17) is 9.84 Å². The van der Waals surface area contributed by atoms with E-state index in [2.05, 4.69) is 5.10 Å². The lowest BCUT2D eigenvalue weighted by Crippen LogP contribution is -2.04. The van der Waals surface area contributed by atoms with Crippen LogP contribution >= 0.6 is 0 Å². The molecule has 2 aromatic heterocycles. The monoisotopic (exact) mass is 220 g/mol. The molecule has 0 radical (unpaired) electrons. The predicted molar refractivity (Wildman–Crippen MR) is 57.1 cm³/mol. The molecule has 84 valence electrons. The van der Waals surface area contributed by atoms with E-state index in [1.807, 2.05) is 0 Å². The number of esters is 1. The Balaban J connectivity index is 2.49. The van der Waals surface area contributed by atoms with Crippen LogP contribution in [-0.4, -0.2) is 27.3 Å². The molecule has 0 spiro atoms. The standard InChI is InChI=1S/C11H12N2O3/c1-2-16-11(15)9-6-12-13-4-3-8(7-14)5-10(9)13/h3-6,14H,2,7H2,1H3. The van der Waals surface area contributed by atoms with Gasteiger partial charge in [-0.1, -0.05) is 0 Å². The quantitative estimate of drug-likeness (QED) is 0.784. The fourth-order valence-electron chi connectivity index (χ4n) is 1.49. The van der Waals surface area contributed by atoms with E-state index in [0.717, 1.165) is 5.56 Å². The molecule has 0 aliphatic carbocycles. The van der Waals surface area contributed by atoms with Crippen molar-refractivity contribution in [3.8, 4) is 0 Å². The molecule has 1 N–H and O–H groups in total. The van der Waals surface area contributed by atoms with E-state index >= 15 is 0 Å². The van der Waals surface area contributed by atoms with E-state index in [0.29, 0.717) is 17.7 Å². The maximum Gasteiger partial charge on any atom is 0.341 e. The molecule has 5 nitrogen and oxygen atoms in total. The average Bonchev–Trinajstić information content (AvgIpc) is 2.71. The highest BCUT2D eigenvalue weighted by Gasteiger charge is 2.13. The first-order valence-corrected chi connectivity index (χ1v) is 5.00. The fraction of sp³-hybridized carbons (Fsp3) is 0.273.